The first-order valence-electron chi connectivity index (χ1n) is 12.8. The number of para-hydroxylation sites is 1. The van der Waals surface area contributed by atoms with Crippen molar-refractivity contribution in [1.29, 1.82) is 0 Å². The van der Waals surface area contributed by atoms with E-state index in [0.29, 0.717) is 36.3 Å². The maximum absolute atomic E-state index is 13.5. The summed E-state index contributed by atoms with van der Waals surface area (Å²) < 4.78 is 0. The van der Waals surface area contributed by atoms with E-state index in [4.69, 9.17) is 0 Å². The van der Waals surface area contributed by atoms with Gasteiger partial charge in [-0.2, -0.15) is 0 Å². The molecule has 0 saturated heterocycles. The van der Waals surface area contributed by atoms with Gasteiger partial charge in [-0.3, -0.25) is 19.3 Å². The van der Waals surface area contributed by atoms with E-state index in [1.807, 2.05) is 58.3 Å². The Hall–Kier alpha value is -3.93. The molecule has 0 unspecified atom stereocenters. The third-order valence-electron chi connectivity index (χ3n) is 7.66. The first-order chi connectivity index (χ1) is 17.6. The lowest BCUT2D eigenvalue weighted by atomic mass is 9.99. The molecule has 6 heteroatoms. The SMILES string of the molecule is O=C(CCCCCN1C(=O)c2ccccc2N2C(=O)c3ccccc3[C@@H]12)N1CCc2ccccc2C1. The van der Waals surface area contributed by atoms with E-state index in [1.165, 1.54) is 11.1 Å². The van der Waals surface area contributed by atoms with Crippen LogP contribution in [0.15, 0.2) is 72.8 Å². The summed E-state index contributed by atoms with van der Waals surface area (Å²) in [5.74, 6) is 0.0997. The lowest BCUT2D eigenvalue weighted by Crippen LogP contribution is -2.48. The molecule has 0 aliphatic carbocycles. The minimum absolute atomic E-state index is 0.0422. The number of benzene rings is 3. The third kappa shape index (κ3) is 3.77. The van der Waals surface area contributed by atoms with Crippen molar-refractivity contribution in [2.75, 3.05) is 18.0 Å². The smallest absolute Gasteiger partial charge is 0.260 e. The molecule has 0 spiro atoms. The predicted octanol–water partition coefficient (Wildman–Crippen LogP) is 4.95. The Labute approximate surface area is 211 Å². The lowest BCUT2D eigenvalue weighted by Gasteiger charge is -2.41. The second-order valence-electron chi connectivity index (χ2n) is 9.80. The van der Waals surface area contributed by atoms with Crippen molar-refractivity contribution in [1.82, 2.24) is 9.80 Å². The number of nitrogens with zero attached hydrogens (tertiary/aromatic N) is 3. The number of amides is 3. The van der Waals surface area contributed by atoms with Gasteiger partial charge in [-0.25, -0.2) is 0 Å². The largest absolute Gasteiger partial charge is 0.338 e. The van der Waals surface area contributed by atoms with Crippen LogP contribution >= 0.6 is 0 Å². The Bertz CT molecular complexity index is 1350. The Morgan fingerprint density at radius 1 is 0.778 bits per heavy atom. The Morgan fingerprint density at radius 2 is 1.50 bits per heavy atom. The summed E-state index contributed by atoms with van der Waals surface area (Å²) in [6.45, 7) is 2.02. The molecule has 0 aromatic heterocycles. The highest BCUT2D eigenvalue weighted by atomic mass is 16.2. The summed E-state index contributed by atoms with van der Waals surface area (Å²) in [6.07, 6.45) is 3.45. The van der Waals surface area contributed by atoms with Gasteiger partial charge in [-0.05, 0) is 48.6 Å². The summed E-state index contributed by atoms with van der Waals surface area (Å²) in [5.41, 5.74) is 5.37. The van der Waals surface area contributed by atoms with Crippen LogP contribution in [-0.4, -0.2) is 40.6 Å². The summed E-state index contributed by atoms with van der Waals surface area (Å²) in [4.78, 5) is 45.1. The van der Waals surface area contributed by atoms with Crippen LogP contribution in [0.5, 0.6) is 0 Å². The normalized spacial score (nSPS) is 18.0. The molecular weight excluding hydrogens is 450 g/mol. The number of carbonyl (C=O) groups excluding carboxylic acids is 3. The molecule has 3 aliphatic rings. The van der Waals surface area contributed by atoms with Crippen molar-refractivity contribution in [2.45, 2.75) is 44.8 Å². The van der Waals surface area contributed by atoms with Crippen LogP contribution in [-0.2, 0) is 17.8 Å². The predicted molar refractivity (Wildman–Crippen MR) is 138 cm³/mol. The maximum atomic E-state index is 13.5. The van der Waals surface area contributed by atoms with E-state index >= 15 is 0 Å². The molecule has 1 atom stereocenters. The first-order valence-corrected chi connectivity index (χ1v) is 12.8. The molecule has 182 valence electrons. The number of rotatable bonds is 6. The van der Waals surface area contributed by atoms with Gasteiger partial charge in [-0.1, -0.05) is 61.0 Å². The zero-order valence-electron chi connectivity index (χ0n) is 20.2. The van der Waals surface area contributed by atoms with Crippen LogP contribution in [0, 0.1) is 0 Å². The lowest BCUT2D eigenvalue weighted by molar-refractivity contribution is -0.132. The molecule has 6 rings (SSSR count). The molecule has 0 saturated carbocycles. The Balaban J connectivity index is 1.10. The van der Waals surface area contributed by atoms with Crippen LogP contribution in [0.2, 0.25) is 0 Å². The number of hydrogen-bond donors (Lipinski definition) is 0. The van der Waals surface area contributed by atoms with Crippen molar-refractivity contribution in [2.24, 2.45) is 0 Å². The monoisotopic (exact) mass is 479 g/mol. The van der Waals surface area contributed by atoms with E-state index in [1.54, 1.807) is 11.0 Å². The van der Waals surface area contributed by atoms with Gasteiger partial charge in [0.05, 0.1) is 11.3 Å². The Kier molecular flexibility index (Phi) is 5.80. The van der Waals surface area contributed by atoms with Crippen LogP contribution < -0.4 is 4.90 Å². The molecule has 3 aromatic carbocycles. The molecular formula is C30H29N3O3. The molecule has 3 heterocycles. The van der Waals surface area contributed by atoms with Crippen LogP contribution in [0.1, 0.15) is 69.3 Å². The molecule has 0 bridgehead atoms. The fraction of sp³-hybridized carbons (Fsp3) is 0.300. The molecule has 6 nitrogen and oxygen atoms in total. The van der Waals surface area contributed by atoms with Crippen LogP contribution in [0.3, 0.4) is 0 Å². The number of anilines is 1. The summed E-state index contributed by atoms with van der Waals surface area (Å²) in [6, 6.07) is 23.3. The molecule has 3 aliphatic heterocycles. The second kappa shape index (κ2) is 9.26. The van der Waals surface area contributed by atoms with Crippen LogP contribution in [0.4, 0.5) is 5.69 Å². The average Bonchev–Trinajstić information content (AvgIpc) is 3.22. The summed E-state index contributed by atoms with van der Waals surface area (Å²) in [5, 5.41) is 0. The second-order valence-corrected chi connectivity index (χ2v) is 9.80. The minimum Gasteiger partial charge on any atom is -0.338 e. The summed E-state index contributed by atoms with van der Waals surface area (Å²) in [7, 11) is 0. The van der Waals surface area contributed by atoms with Gasteiger partial charge >= 0.3 is 0 Å². The van der Waals surface area contributed by atoms with Crippen molar-refractivity contribution in [3.8, 4) is 0 Å². The molecule has 36 heavy (non-hydrogen) atoms. The highest BCUT2D eigenvalue weighted by molar-refractivity contribution is 6.16. The fourth-order valence-corrected chi connectivity index (χ4v) is 5.80. The van der Waals surface area contributed by atoms with Gasteiger partial charge in [0.25, 0.3) is 11.8 Å². The van der Waals surface area contributed by atoms with Gasteiger partial charge in [0.15, 0.2) is 0 Å². The minimum atomic E-state index is -0.411. The first kappa shape index (κ1) is 22.5. The Morgan fingerprint density at radius 3 is 2.36 bits per heavy atom. The van der Waals surface area contributed by atoms with Crippen molar-refractivity contribution >= 4 is 23.4 Å². The van der Waals surface area contributed by atoms with Crippen molar-refractivity contribution in [3.63, 3.8) is 0 Å². The fourth-order valence-electron chi connectivity index (χ4n) is 5.80. The zero-order valence-corrected chi connectivity index (χ0v) is 20.2. The quantitative estimate of drug-likeness (QED) is 0.470. The highest BCUT2D eigenvalue weighted by Crippen LogP contribution is 2.45. The van der Waals surface area contributed by atoms with Gasteiger partial charge in [-0.15, -0.1) is 0 Å². The van der Waals surface area contributed by atoms with Crippen molar-refractivity contribution in [3.05, 3.63) is 101 Å². The molecule has 3 aromatic rings. The molecule has 0 fully saturated rings. The number of carbonyl (C=O) groups is 3. The third-order valence-corrected chi connectivity index (χ3v) is 7.66. The van der Waals surface area contributed by atoms with Crippen LogP contribution in [0.25, 0.3) is 0 Å². The maximum Gasteiger partial charge on any atom is 0.260 e. The number of unbranched alkanes of at least 4 members (excludes halogenated alkanes) is 2. The average molecular weight is 480 g/mol. The van der Waals surface area contributed by atoms with E-state index in [9.17, 15) is 14.4 Å². The number of fused-ring (bicyclic) bond motifs is 6. The van der Waals surface area contributed by atoms with Gasteiger partial charge in [0, 0.05) is 37.2 Å². The molecule has 0 N–H and O–H groups in total. The molecule has 3 amide bonds. The highest BCUT2D eigenvalue weighted by Gasteiger charge is 2.47. The zero-order chi connectivity index (χ0) is 24.6. The van der Waals surface area contributed by atoms with Gasteiger partial charge < -0.3 is 9.80 Å². The van der Waals surface area contributed by atoms with Gasteiger partial charge in [0.2, 0.25) is 5.91 Å². The van der Waals surface area contributed by atoms with E-state index in [-0.39, 0.29) is 17.7 Å². The topological polar surface area (TPSA) is 60.9 Å². The number of hydrogen-bond acceptors (Lipinski definition) is 3. The van der Waals surface area contributed by atoms with E-state index in [2.05, 4.69) is 18.2 Å². The van der Waals surface area contributed by atoms with E-state index in [0.717, 1.165) is 37.8 Å². The van der Waals surface area contributed by atoms with Gasteiger partial charge in [0.1, 0.15) is 6.17 Å². The van der Waals surface area contributed by atoms with Crippen molar-refractivity contribution < 1.29 is 14.4 Å². The summed E-state index contributed by atoms with van der Waals surface area (Å²) >= 11 is 0. The standard InChI is InChI=1S/C30H29N3O3/c34-27(31-19-17-21-10-3-4-11-22(21)20-31)16-2-1-9-18-32-28-23-12-5-6-13-24(23)30(36)33(28)26-15-8-7-14-25(26)29(32)35/h3-8,10-15,28H,1-2,9,16-20H2/t28-/m0/s1. The van der Waals surface area contributed by atoms with E-state index < -0.39 is 6.17 Å². The molecule has 0 radical (unpaired) electrons.